The average molecular weight is 218 g/mol. The SMILES string of the molecule is C=C/C=C(/C)C(CS)c1cccc(C)c1. The summed E-state index contributed by atoms with van der Waals surface area (Å²) >= 11 is 4.42. The Labute approximate surface area is 98.1 Å². The zero-order chi connectivity index (χ0) is 11.3. The largest absolute Gasteiger partial charge is 0.178 e. The minimum absolute atomic E-state index is 0.395. The van der Waals surface area contributed by atoms with E-state index in [1.54, 1.807) is 0 Å². The summed E-state index contributed by atoms with van der Waals surface area (Å²) in [5, 5.41) is 0. The molecule has 15 heavy (non-hydrogen) atoms. The molecule has 0 N–H and O–H groups in total. The van der Waals surface area contributed by atoms with Gasteiger partial charge in [0.15, 0.2) is 0 Å². The van der Waals surface area contributed by atoms with Crippen LogP contribution in [0.25, 0.3) is 0 Å². The molecule has 1 aromatic carbocycles. The maximum absolute atomic E-state index is 4.42. The fourth-order valence-electron chi connectivity index (χ4n) is 1.70. The molecule has 1 aromatic rings. The Balaban J connectivity index is 3.02. The van der Waals surface area contributed by atoms with Crippen LogP contribution < -0.4 is 0 Å². The standard InChI is InChI=1S/C14H18S/c1-4-6-12(3)14(10-15)13-8-5-7-11(2)9-13/h4-9,14-15H,1,10H2,2-3H3/b12-6-. The lowest BCUT2D eigenvalue weighted by Gasteiger charge is -2.16. The highest BCUT2D eigenvalue weighted by Gasteiger charge is 2.10. The van der Waals surface area contributed by atoms with Gasteiger partial charge < -0.3 is 0 Å². The third-order valence-electron chi connectivity index (χ3n) is 2.56. The molecule has 0 aliphatic heterocycles. The molecule has 1 unspecified atom stereocenters. The van der Waals surface area contributed by atoms with Crippen LogP contribution in [-0.2, 0) is 0 Å². The summed E-state index contributed by atoms with van der Waals surface area (Å²) in [6, 6.07) is 8.60. The smallest absolute Gasteiger partial charge is 0.0137 e. The molecular formula is C14H18S. The predicted octanol–water partition coefficient (Wildman–Crippen LogP) is 4.14. The third kappa shape index (κ3) is 3.28. The number of hydrogen-bond acceptors (Lipinski definition) is 1. The summed E-state index contributed by atoms with van der Waals surface area (Å²) in [5.74, 6) is 1.23. The number of aryl methyl sites for hydroxylation is 1. The molecule has 0 heterocycles. The van der Waals surface area contributed by atoms with Crippen LogP contribution in [-0.4, -0.2) is 5.75 Å². The molecule has 0 saturated heterocycles. The van der Waals surface area contributed by atoms with Crippen LogP contribution in [0, 0.1) is 6.92 Å². The number of thiol groups is 1. The van der Waals surface area contributed by atoms with E-state index in [-0.39, 0.29) is 0 Å². The second-order valence-corrected chi connectivity index (χ2v) is 4.16. The Morgan fingerprint density at radius 3 is 2.80 bits per heavy atom. The van der Waals surface area contributed by atoms with Gasteiger partial charge in [0, 0.05) is 11.7 Å². The highest BCUT2D eigenvalue weighted by Crippen LogP contribution is 2.25. The summed E-state index contributed by atoms with van der Waals surface area (Å²) in [6.07, 6.45) is 3.89. The quantitative estimate of drug-likeness (QED) is 0.570. The normalized spacial score (nSPS) is 13.7. The Bertz CT molecular complexity index is 363. The van der Waals surface area contributed by atoms with E-state index in [1.165, 1.54) is 16.7 Å². The fraction of sp³-hybridized carbons (Fsp3) is 0.286. The molecule has 0 aromatic heterocycles. The van der Waals surface area contributed by atoms with Crippen molar-refractivity contribution in [3.8, 4) is 0 Å². The molecule has 0 nitrogen and oxygen atoms in total. The van der Waals surface area contributed by atoms with Crippen molar-refractivity contribution in [3.63, 3.8) is 0 Å². The van der Waals surface area contributed by atoms with E-state index in [9.17, 15) is 0 Å². The Hall–Kier alpha value is -0.950. The van der Waals surface area contributed by atoms with Gasteiger partial charge in [0.2, 0.25) is 0 Å². The monoisotopic (exact) mass is 218 g/mol. The number of allylic oxidation sites excluding steroid dienone is 3. The summed E-state index contributed by atoms with van der Waals surface area (Å²) in [6.45, 7) is 7.97. The van der Waals surface area contributed by atoms with E-state index < -0.39 is 0 Å². The summed E-state index contributed by atoms with van der Waals surface area (Å²) < 4.78 is 0. The molecular weight excluding hydrogens is 200 g/mol. The van der Waals surface area contributed by atoms with Crippen LogP contribution in [0.2, 0.25) is 0 Å². The van der Waals surface area contributed by atoms with Gasteiger partial charge in [-0.2, -0.15) is 12.6 Å². The summed E-state index contributed by atoms with van der Waals surface area (Å²) in [5.41, 5.74) is 3.94. The zero-order valence-electron chi connectivity index (χ0n) is 9.40. The van der Waals surface area contributed by atoms with Crippen molar-refractivity contribution < 1.29 is 0 Å². The summed E-state index contributed by atoms with van der Waals surface area (Å²) in [7, 11) is 0. The van der Waals surface area contributed by atoms with Gasteiger partial charge in [0.1, 0.15) is 0 Å². The lowest BCUT2D eigenvalue weighted by Crippen LogP contribution is -2.02. The van der Waals surface area contributed by atoms with Gasteiger partial charge in [-0.25, -0.2) is 0 Å². The predicted molar refractivity (Wildman–Crippen MR) is 71.7 cm³/mol. The van der Waals surface area contributed by atoms with Gasteiger partial charge in [-0.05, 0) is 19.4 Å². The highest BCUT2D eigenvalue weighted by molar-refractivity contribution is 7.80. The van der Waals surface area contributed by atoms with Crippen molar-refractivity contribution >= 4 is 12.6 Å². The maximum Gasteiger partial charge on any atom is 0.0137 e. The Morgan fingerprint density at radius 2 is 2.27 bits per heavy atom. The van der Waals surface area contributed by atoms with E-state index in [0.717, 1.165) is 5.75 Å². The van der Waals surface area contributed by atoms with E-state index in [1.807, 2.05) is 6.08 Å². The first-order valence-electron chi connectivity index (χ1n) is 5.15. The minimum Gasteiger partial charge on any atom is -0.178 e. The molecule has 0 fully saturated rings. The molecule has 0 amide bonds. The van der Waals surface area contributed by atoms with Crippen LogP contribution in [0.1, 0.15) is 24.0 Å². The topological polar surface area (TPSA) is 0 Å². The Kier molecular flexibility index (Phi) is 4.70. The summed E-state index contributed by atoms with van der Waals surface area (Å²) in [4.78, 5) is 0. The zero-order valence-corrected chi connectivity index (χ0v) is 10.3. The van der Waals surface area contributed by atoms with E-state index in [4.69, 9.17) is 0 Å². The molecule has 1 atom stereocenters. The first-order valence-corrected chi connectivity index (χ1v) is 5.79. The van der Waals surface area contributed by atoms with Crippen LogP contribution >= 0.6 is 12.6 Å². The van der Waals surface area contributed by atoms with Crippen molar-refractivity contribution in [1.82, 2.24) is 0 Å². The van der Waals surface area contributed by atoms with Gasteiger partial charge >= 0.3 is 0 Å². The van der Waals surface area contributed by atoms with Crippen LogP contribution in [0.15, 0.2) is 48.6 Å². The molecule has 0 saturated carbocycles. The molecule has 1 heteroatoms. The van der Waals surface area contributed by atoms with Crippen molar-refractivity contribution in [1.29, 1.82) is 0 Å². The minimum atomic E-state index is 0.395. The highest BCUT2D eigenvalue weighted by atomic mass is 32.1. The van der Waals surface area contributed by atoms with Crippen molar-refractivity contribution in [2.24, 2.45) is 0 Å². The Morgan fingerprint density at radius 1 is 1.53 bits per heavy atom. The number of hydrogen-bond donors (Lipinski definition) is 1. The molecule has 0 spiro atoms. The van der Waals surface area contributed by atoms with Crippen LogP contribution in [0.3, 0.4) is 0 Å². The van der Waals surface area contributed by atoms with Gasteiger partial charge in [0.25, 0.3) is 0 Å². The molecule has 0 bridgehead atoms. The molecule has 0 radical (unpaired) electrons. The van der Waals surface area contributed by atoms with Gasteiger partial charge in [-0.3, -0.25) is 0 Å². The molecule has 0 aliphatic carbocycles. The molecule has 0 aliphatic rings. The number of rotatable bonds is 4. The van der Waals surface area contributed by atoms with Gasteiger partial charge in [-0.15, -0.1) is 0 Å². The second-order valence-electron chi connectivity index (χ2n) is 3.80. The van der Waals surface area contributed by atoms with Crippen molar-refractivity contribution in [3.05, 3.63) is 59.7 Å². The van der Waals surface area contributed by atoms with Crippen molar-refractivity contribution in [2.45, 2.75) is 19.8 Å². The number of benzene rings is 1. The van der Waals surface area contributed by atoms with Crippen molar-refractivity contribution in [2.75, 3.05) is 5.75 Å². The van der Waals surface area contributed by atoms with Crippen LogP contribution in [0.4, 0.5) is 0 Å². The lowest BCUT2D eigenvalue weighted by atomic mass is 9.92. The third-order valence-corrected chi connectivity index (χ3v) is 2.92. The van der Waals surface area contributed by atoms with E-state index in [2.05, 4.69) is 63.4 Å². The maximum atomic E-state index is 4.42. The van der Waals surface area contributed by atoms with E-state index in [0.29, 0.717) is 5.92 Å². The van der Waals surface area contributed by atoms with E-state index >= 15 is 0 Å². The first kappa shape index (κ1) is 12.1. The van der Waals surface area contributed by atoms with Gasteiger partial charge in [-0.1, -0.05) is 54.1 Å². The second kappa shape index (κ2) is 5.82. The van der Waals surface area contributed by atoms with Gasteiger partial charge in [0.05, 0.1) is 0 Å². The molecule has 80 valence electrons. The fourth-order valence-corrected chi connectivity index (χ4v) is 2.20. The lowest BCUT2D eigenvalue weighted by molar-refractivity contribution is 0.908. The first-order chi connectivity index (χ1) is 7.19. The van der Waals surface area contributed by atoms with Crippen LogP contribution in [0.5, 0.6) is 0 Å². The average Bonchev–Trinajstić information content (AvgIpc) is 2.19. The molecule has 1 rings (SSSR count).